The average molecular weight is 341 g/mol. The fraction of sp³-hybridized carbons (Fsp3) is 1.00. The van der Waals surface area contributed by atoms with E-state index in [0.717, 1.165) is 18.8 Å². The first-order chi connectivity index (χ1) is 11.6. The molecule has 0 spiro atoms. The summed E-state index contributed by atoms with van der Waals surface area (Å²) in [6.45, 7) is 4.65. The van der Waals surface area contributed by atoms with Gasteiger partial charge in [-0.2, -0.15) is 0 Å². The molecule has 0 N–H and O–H groups in total. The van der Waals surface area contributed by atoms with Crippen LogP contribution < -0.4 is 0 Å². The van der Waals surface area contributed by atoms with Crippen molar-refractivity contribution in [2.75, 3.05) is 14.2 Å². The molecule has 4 atom stereocenters. The minimum atomic E-state index is -0.385. The van der Waals surface area contributed by atoms with E-state index in [4.69, 9.17) is 14.2 Å². The maximum atomic E-state index is 5.88. The predicted octanol–water partition coefficient (Wildman–Crippen LogP) is 5.71. The first-order valence-electron chi connectivity index (χ1n) is 10.4. The van der Waals surface area contributed by atoms with E-state index in [1.54, 1.807) is 0 Å². The van der Waals surface area contributed by atoms with E-state index in [9.17, 15) is 0 Å². The molecule has 3 nitrogen and oxygen atoms in total. The van der Waals surface area contributed by atoms with Crippen molar-refractivity contribution in [3.05, 3.63) is 0 Å². The molecule has 1 aliphatic carbocycles. The molecule has 0 bridgehead atoms. The molecule has 0 aromatic heterocycles. The van der Waals surface area contributed by atoms with Gasteiger partial charge in [-0.25, -0.2) is 0 Å². The molecular formula is C21H40O3. The van der Waals surface area contributed by atoms with Crippen LogP contribution in [0, 0.1) is 11.8 Å². The Morgan fingerprint density at radius 1 is 0.958 bits per heavy atom. The number of rotatable bonds is 13. The lowest BCUT2D eigenvalue weighted by molar-refractivity contribution is -0.223. The van der Waals surface area contributed by atoms with Crippen LogP contribution >= 0.6 is 0 Å². The van der Waals surface area contributed by atoms with Gasteiger partial charge in [0.2, 0.25) is 0 Å². The summed E-state index contributed by atoms with van der Waals surface area (Å²) in [7, 11) is 3.64. The predicted molar refractivity (Wildman–Crippen MR) is 99.1 cm³/mol. The molecule has 142 valence electrons. The van der Waals surface area contributed by atoms with E-state index < -0.39 is 0 Å². The van der Waals surface area contributed by atoms with Crippen molar-refractivity contribution in [3.63, 3.8) is 0 Å². The number of hydrogen-bond acceptors (Lipinski definition) is 3. The standard InChI is InChI=1S/C21H40O3/c1-5-6-7-8-9-10-11-14-21(22-3,23-4)16-17(2)18-12-13-19-20(15-18)24-19/h17-20H,5-16H2,1-4H3. The number of epoxide rings is 1. The van der Waals surface area contributed by atoms with Gasteiger partial charge in [0, 0.05) is 27.1 Å². The highest BCUT2D eigenvalue weighted by Gasteiger charge is 2.46. The maximum absolute atomic E-state index is 5.88. The Bertz CT molecular complexity index is 340. The SMILES string of the molecule is CCCCCCCCCC(CC(C)C1CCC2OC2C1)(OC)OC. The smallest absolute Gasteiger partial charge is 0.167 e. The number of fused-ring (bicyclic) bond motifs is 1. The Kier molecular flexibility index (Phi) is 8.53. The van der Waals surface area contributed by atoms with Crippen LogP contribution in [0.15, 0.2) is 0 Å². The van der Waals surface area contributed by atoms with Crippen LogP contribution in [0.2, 0.25) is 0 Å². The van der Waals surface area contributed by atoms with Gasteiger partial charge < -0.3 is 14.2 Å². The van der Waals surface area contributed by atoms with Crippen molar-refractivity contribution < 1.29 is 14.2 Å². The molecule has 0 radical (unpaired) electrons. The lowest BCUT2D eigenvalue weighted by atomic mass is 9.77. The van der Waals surface area contributed by atoms with Crippen molar-refractivity contribution >= 4 is 0 Å². The lowest BCUT2D eigenvalue weighted by Crippen LogP contribution is -2.37. The molecule has 1 aliphatic heterocycles. The monoisotopic (exact) mass is 340 g/mol. The molecule has 0 aromatic rings. The second kappa shape index (κ2) is 10.1. The third-order valence-electron chi connectivity index (χ3n) is 6.39. The van der Waals surface area contributed by atoms with Crippen LogP contribution in [-0.4, -0.2) is 32.2 Å². The number of methoxy groups -OCH3 is 2. The Morgan fingerprint density at radius 2 is 1.62 bits per heavy atom. The summed E-state index contributed by atoms with van der Waals surface area (Å²) in [6.07, 6.45) is 16.3. The molecule has 2 aliphatic rings. The summed E-state index contributed by atoms with van der Waals surface area (Å²) in [4.78, 5) is 0. The maximum Gasteiger partial charge on any atom is 0.167 e. The van der Waals surface area contributed by atoms with Gasteiger partial charge in [-0.3, -0.25) is 0 Å². The zero-order valence-corrected chi connectivity index (χ0v) is 16.5. The van der Waals surface area contributed by atoms with E-state index in [-0.39, 0.29) is 5.79 Å². The van der Waals surface area contributed by atoms with E-state index in [1.807, 2.05) is 14.2 Å². The molecule has 0 amide bonds. The highest BCUT2D eigenvalue weighted by Crippen LogP contribution is 2.44. The molecule has 4 unspecified atom stereocenters. The first kappa shape index (κ1) is 20.2. The quantitative estimate of drug-likeness (QED) is 0.244. The topological polar surface area (TPSA) is 31.0 Å². The lowest BCUT2D eigenvalue weighted by Gasteiger charge is -2.36. The van der Waals surface area contributed by atoms with Gasteiger partial charge >= 0.3 is 0 Å². The van der Waals surface area contributed by atoms with Gasteiger partial charge in [0.25, 0.3) is 0 Å². The summed E-state index contributed by atoms with van der Waals surface area (Å²) < 4.78 is 17.5. The van der Waals surface area contributed by atoms with Gasteiger partial charge in [-0.1, -0.05) is 52.4 Å². The number of unbranched alkanes of at least 4 members (excludes halogenated alkanes) is 6. The van der Waals surface area contributed by atoms with Gasteiger partial charge in [0.15, 0.2) is 5.79 Å². The van der Waals surface area contributed by atoms with E-state index >= 15 is 0 Å². The second-order valence-electron chi connectivity index (χ2n) is 8.16. The van der Waals surface area contributed by atoms with Crippen LogP contribution in [0.25, 0.3) is 0 Å². The largest absolute Gasteiger partial charge is 0.370 e. The molecule has 3 heteroatoms. The van der Waals surface area contributed by atoms with E-state index in [0.29, 0.717) is 18.1 Å². The van der Waals surface area contributed by atoms with Crippen LogP contribution in [0.1, 0.15) is 90.9 Å². The molecule has 2 fully saturated rings. The van der Waals surface area contributed by atoms with Crippen molar-refractivity contribution in [3.8, 4) is 0 Å². The molecular weight excluding hydrogens is 300 g/mol. The van der Waals surface area contributed by atoms with Crippen LogP contribution in [-0.2, 0) is 14.2 Å². The van der Waals surface area contributed by atoms with E-state index in [1.165, 1.54) is 64.2 Å². The third-order valence-corrected chi connectivity index (χ3v) is 6.39. The fourth-order valence-corrected chi connectivity index (χ4v) is 4.52. The Balaban J connectivity index is 1.70. The average Bonchev–Trinajstić information content (AvgIpc) is 3.38. The van der Waals surface area contributed by atoms with Crippen LogP contribution in [0.3, 0.4) is 0 Å². The Hall–Kier alpha value is -0.120. The van der Waals surface area contributed by atoms with Crippen LogP contribution in [0.4, 0.5) is 0 Å². The summed E-state index contributed by atoms with van der Waals surface area (Å²) in [5.74, 6) is 1.02. The molecule has 1 saturated heterocycles. The van der Waals surface area contributed by atoms with E-state index in [2.05, 4.69) is 13.8 Å². The number of ether oxygens (including phenoxy) is 3. The molecule has 24 heavy (non-hydrogen) atoms. The number of hydrogen-bond donors (Lipinski definition) is 0. The molecule has 1 heterocycles. The summed E-state index contributed by atoms with van der Waals surface area (Å²) in [5, 5.41) is 0. The van der Waals surface area contributed by atoms with Crippen molar-refractivity contribution in [1.82, 2.24) is 0 Å². The van der Waals surface area contributed by atoms with Crippen molar-refractivity contribution in [2.24, 2.45) is 11.8 Å². The molecule has 1 saturated carbocycles. The molecule has 2 rings (SSSR count). The highest BCUT2D eigenvalue weighted by atomic mass is 16.7. The molecule has 0 aromatic carbocycles. The Morgan fingerprint density at radius 3 is 2.25 bits per heavy atom. The van der Waals surface area contributed by atoms with Gasteiger partial charge in [0.1, 0.15) is 0 Å². The zero-order valence-electron chi connectivity index (χ0n) is 16.5. The summed E-state index contributed by atoms with van der Waals surface area (Å²) >= 11 is 0. The summed E-state index contributed by atoms with van der Waals surface area (Å²) in [5.41, 5.74) is 0. The minimum absolute atomic E-state index is 0.385. The van der Waals surface area contributed by atoms with Gasteiger partial charge in [-0.05, 0) is 37.5 Å². The second-order valence-corrected chi connectivity index (χ2v) is 8.16. The Labute approximate surface area is 149 Å². The zero-order chi connectivity index (χ0) is 17.4. The fourth-order valence-electron chi connectivity index (χ4n) is 4.52. The van der Waals surface area contributed by atoms with Crippen LogP contribution in [0.5, 0.6) is 0 Å². The summed E-state index contributed by atoms with van der Waals surface area (Å²) in [6, 6.07) is 0. The van der Waals surface area contributed by atoms with Crippen molar-refractivity contribution in [1.29, 1.82) is 0 Å². The third kappa shape index (κ3) is 6.00. The van der Waals surface area contributed by atoms with Crippen molar-refractivity contribution in [2.45, 2.75) is 109 Å². The highest BCUT2D eigenvalue weighted by molar-refractivity contribution is 4.93. The minimum Gasteiger partial charge on any atom is -0.370 e. The first-order valence-corrected chi connectivity index (χ1v) is 10.4. The van der Waals surface area contributed by atoms with Gasteiger partial charge in [0.05, 0.1) is 12.2 Å². The normalized spacial score (nSPS) is 27.8. The van der Waals surface area contributed by atoms with Gasteiger partial charge in [-0.15, -0.1) is 0 Å².